The van der Waals surface area contributed by atoms with Crippen LogP contribution in [-0.2, 0) is 0 Å². The van der Waals surface area contributed by atoms with Gasteiger partial charge in [0.25, 0.3) is 0 Å². The van der Waals surface area contributed by atoms with Gasteiger partial charge in [-0.15, -0.1) is 0 Å². The SMILES string of the molecule is C[C@@H](N)c1ccccc1Br. The first-order chi connectivity index (χ1) is 4.72. The molecule has 54 valence electrons. The van der Waals surface area contributed by atoms with Gasteiger partial charge in [0.2, 0.25) is 0 Å². The van der Waals surface area contributed by atoms with Crippen molar-refractivity contribution >= 4 is 15.9 Å². The van der Waals surface area contributed by atoms with E-state index >= 15 is 0 Å². The zero-order chi connectivity index (χ0) is 7.56. The third kappa shape index (κ3) is 1.58. The molecule has 1 nitrogen and oxygen atoms in total. The van der Waals surface area contributed by atoms with Crippen molar-refractivity contribution < 1.29 is 0 Å². The molecule has 0 saturated heterocycles. The molecular formula is C8H10BrN. The van der Waals surface area contributed by atoms with Crippen molar-refractivity contribution in [2.45, 2.75) is 13.0 Å². The van der Waals surface area contributed by atoms with E-state index in [1.54, 1.807) is 0 Å². The summed E-state index contributed by atoms with van der Waals surface area (Å²) in [6.07, 6.45) is 0. The van der Waals surface area contributed by atoms with Crippen LogP contribution >= 0.6 is 15.9 Å². The van der Waals surface area contributed by atoms with E-state index in [1.807, 2.05) is 31.2 Å². The van der Waals surface area contributed by atoms with E-state index < -0.39 is 0 Å². The van der Waals surface area contributed by atoms with Crippen LogP contribution in [0.3, 0.4) is 0 Å². The molecule has 2 heteroatoms. The van der Waals surface area contributed by atoms with Crippen LogP contribution in [0.15, 0.2) is 28.7 Å². The lowest BCUT2D eigenvalue weighted by Gasteiger charge is -2.06. The number of hydrogen-bond acceptors (Lipinski definition) is 1. The molecule has 0 spiro atoms. The second-order valence-corrected chi connectivity index (χ2v) is 3.16. The number of nitrogens with two attached hydrogens (primary N) is 1. The minimum Gasteiger partial charge on any atom is -0.324 e. The predicted molar refractivity (Wildman–Crippen MR) is 46.7 cm³/mol. The molecular weight excluding hydrogens is 190 g/mol. The summed E-state index contributed by atoms with van der Waals surface area (Å²) >= 11 is 3.42. The van der Waals surface area contributed by atoms with E-state index in [0.29, 0.717) is 0 Å². The van der Waals surface area contributed by atoms with Crippen LogP contribution in [0.25, 0.3) is 0 Å². The molecule has 1 rings (SSSR count). The third-order valence-corrected chi connectivity index (χ3v) is 2.12. The van der Waals surface area contributed by atoms with E-state index in [1.165, 1.54) is 0 Å². The van der Waals surface area contributed by atoms with Crippen LogP contribution in [-0.4, -0.2) is 0 Å². The number of hydrogen-bond donors (Lipinski definition) is 1. The minimum absolute atomic E-state index is 0.107. The molecule has 0 aliphatic carbocycles. The molecule has 1 aromatic carbocycles. The van der Waals surface area contributed by atoms with Gasteiger partial charge >= 0.3 is 0 Å². The highest BCUT2D eigenvalue weighted by Crippen LogP contribution is 2.20. The van der Waals surface area contributed by atoms with Crippen LogP contribution in [0.1, 0.15) is 18.5 Å². The lowest BCUT2D eigenvalue weighted by Crippen LogP contribution is -2.05. The molecule has 0 saturated carbocycles. The van der Waals surface area contributed by atoms with Crippen molar-refractivity contribution in [3.8, 4) is 0 Å². The molecule has 1 aromatic rings. The van der Waals surface area contributed by atoms with Crippen LogP contribution in [0, 0.1) is 0 Å². The minimum atomic E-state index is 0.107. The van der Waals surface area contributed by atoms with Crippen molar-refractivity contribution in [1.29, 1.82) is 0 Å². The summed E-state index contributed by atoms with van der Waals surface area (Å²) < 4.78 is 1.09. The smallest absolute Gasteiger partial charge is 0.0277 e. The largest absolute Gasteiger partial charge is 0.324 e. The summed E-state index contributed by atoms with van der Waals surface area (Å²) in [5.41, 5.74) is 6.84. The van der Waals surface area contributed by atoms with Crippen LogP contribution in [0.4, 0.5) is 0 Å². The van der Waals surface area contributed by atoms with Gasteiger partial charge in [0, 0.05) is 10.5 Å². The van der Waals surface area contributed by atoms with Gasteiger partial charge in [0.1, 0.15) is 0 Å². The average molecular weight is 200 g/mol. The van der Waals surface area contributed by atoms with Crippen molar-refractivity contribution in [2.75, 3.05) is 0 Å². The zero-order valence-corrected chi connectivity index (χ0v) is 7.43. The Balaban J connectivity index is 3.03. The second kappa shape index (κ2) is 3.17. The average Bonchev–Trinajstić information content (AvgIpc) is 1.88. The fourth-order valence-electron chi connectivity index (χ4n) is 0.844. The summed E-state index contributed by atoms with van der Waals surface area (Å²) in [5.74, 6) is 0. The quantitative estimate of drug-likeness (QED) is 0.740. The van der Waals surface area contributed by atoms with Crippen molar-refractivity contribution in [3.05, 3.63) is 34.3 Å². The normalized spacial score (nSPS) is 13.1. The molecule has 0 amide bonds. The van der Waals surface area contributed by atoms with E-state index in [9.17, 15) is 0 Å². The predicted octanol–water partition coefficient (Wildman–Crippen LogP) is 2.47. The number of halogens is 1. The Kier molecular flexibility index (Phi) is 2.46. The van der Waals surface area contributed by atoms with Gasteiger partial charge < -0.3 is 5.73 Å². The second-order valence-electron chi connectivity index (χ2n) is 2.31. The van der Waals surface area contributed by atoms with Gasteiger partial charge in [-0.1, -0.05) is 34.1 Å². The first kappa shape index (κ1) is 7.76. The highest BCUT2D eigenvalue weighted by molar-refractivity contribution is 9.10. The van der Waals surface area contributed by atoms with Gasteiger partial charge in [-0.05, 0) is 18.6 Å². The number of benzene rings is 1. The molecule has 0 fully saturated rings. The van der Waals surface area contributed by atoms with Crippen LogP contribution in [0.5, 0.6) is 0 Å². The van der Waals surface area contributed by atoms with Crippen molar-refractivity contribution in [1.82, 2.24) is 0 Å². The Hall–Kier alpha value is -0.340. The lowest BCUT2D eigenvalue weighted by molar-refractivity contribution is 0.813. The van der Waals surface area contributed by atoms with Gasteiger partial charge in [0.15, 0.2) is 0 Å². The molecule has 0 heterocycles. The maximum Gasteiger partial charge on any atom is 0.0277 e. The Labute approximate surface area is 69.4 Å². The zero-order valence-electron chi connectivity index (χ0n) is 5.84. The Morgan fingerprint density at radius 1 is 1.40 bits per heavy atom. The van der Waals surface area contributed by atoms with E-state index in [0.717, 1.165) is 10.0 Å². The van der Waals surface area contributed by atoms with Gasteiger partial charge in [-0.25, -0.2) is 0 Å². The molecule has 10 heavy (non-hydrogen) atoms. The van der Waals surface area contributed by atoms with E-state index in [4.69, 9.17) is 5.73 Å². The fraction of sp³-hybridized carbons (Fsp3) is 0.250. The Bertz CT molecular complexity index is 220. The standard InChI is InChI=1S/C8H10BrN/c1-6(10)7-4-2-3-5-8(7)9/h2-6H,10H2,1H3/t6-/m1/s1. The van der Waals surface area contributed by atoms with E-state index in [2.05, 4.69) is 15.9 Å². The van der Waals surface area contributed by atoms with Gasteiger partial charge in [-0.2, -0.15) is 0 Å². The molecule has 0 aromatic heterocycles. The first-order valence-electron chi connectivity index (χ1n) is 3.22. The molecule has 0 unspecified atom stereocenters. The molecule has 2 N–H and O–H groups in total. The molecule has 1 atom stereocenters. The summed E-state index contributed by atoms with van der Waals surface area (Å²) in [6, 6.07) is 8.10. The van der Waals surface area contributed by atoms with Crippen molar-refractivity contribution in [3.63, 3.8) is 0 Å². The maximum absolute atomic E-state index is 5.68. The van der Waals surface area contributed by atoms with E-state index in [-0.39, 0.29) is 6.04 Å². The summed E-state index contributed by atoms with van der Waals surface area (Å²) in [4.78, 5) is 0. The lowest BCUT2D eigenvalue weighted by atomic mass is 10.1. The molecule has 0 aliphatic rings. The summed E-state index contributed by atoms with van der Waals surface area (Å²) in [7, 11) is 0. The third-order valence-electron chi connectivity index (χ3n) is 1.40. The van der Waals surface area contributed by atoms with Gasteiger partial charge in [-0.3, -0.25) is 0 Å². The maximum atomic E-state index is 5.68. The van der Waals surface area contributed by atoms with Crippen LogP contribution < -0.4 is 5.73 Å². The molecule has 0 radical (unpaired) electrons. The van der Waals surface area contributed by atoms with Crippen LogP contribution in [0.2, 0.25) is 0 Å². The topological polar surface area (TPSA) is 26.0 Å². The monoisotopic (exact) mass is 199 g/mol. The summed E-state index contributed by atoms with van der Waals surface area (Å²) in [6.45, 7) is 1.97. The Morgan fingerprint density at radius 3 is 2.40 bits per heavy atom. The fourth-order valence-corrected chi connectivity index (χ4v) is 1.49. The molecule has 0 bridgehead atoms. The number of rotatable bonds is 1. The first-order valence-corrected chi connectivity index (χ1v) is 4.01. The summed E-state index contributed by atoms with van der Waals surface area (Å²) in [5, 5.41) is 0. The van der Waals surface area contributed by atoms with Gasteiger partial charge in [0.05, 0.1) is 0 Å². The Morgan fingerprint density at radius 2 is 2.00 bits per heavy atom. The van der Waals surface area contributed by atoms with Crippen molar-refractivity contribution in [2.24, 2.45) is 5.73 Å². The highest BCUT2D eigenvalue weighted by Gasteiger charge is 2.01. The highest BCUT2D eigenvalue weighted by atomic mass is 79.9. The molecule has 0 aliphatic heterocycles.